The normalized spacial score (nSPS) is 18.1. The van der Waals surface area contributed by atoms with Gasteiger partial charge in [-0.25, -0.2) is 8.42 Å². The van der Waals surface area contributed by atoms with Gasteiger partial charge in [-0.15, -0.1) is 0 Å². The van der Waals surface area contributed by atoms with E-state index in [-0.39, 0.29) is 18.5 Å². The highest BCUT2D eigenvalue weighted by atomic mass is 32.2. The molecule has 0 amide bonds. The summed E-state index contributed by atoms with van der Waals surface area (Å²) in [6, 6.07) is 5.28. The molecule has 0 radical (unpaired) electrons. The number of sulfonamides is 1. The number of ether oxygens (including phenoxy) is 1. The minimum Gasteiger partial charge on any atom is -0.384 e. The molecule has 1 unspecified atom stereocenters. The lowest BCUT2D eigenvalue weighted by atomic mass is 10.1. The Bertz CT molecular complexity index is 652. The van der Waals surface area contributed by atoms with Gasteiger partial charge in [-0.3, -0.25) is 4.72 Å². The molecule has 1 aliphatic rings. The number of hydrogen-bond donors (Lipinski definition) is 2. The van der Waals surface area contributed by atoms with Crippen LogP contribution in [0.5, 0.6) is 0 Å². The third kappa shape index (κ3) is 4.74. The zero-order valence-electron chi connectivity index (χ0n) is 11.9. The maximum atomic E-state index is 12.2. The molecule has 21 heavy (non-hydrogen) atoms. The van der Waals surface area contributed by atoms with E-state index in [9.17, 15) is 8.42 Å². The molecule has 1 aromatic carbocycles. The quantitative estimate of drug-likeness (QED) is 0.821. The molecule has 0 saturated carbocycles. The number of aliphatic hydroxyl groups is 1. The first-order valence-corrected chi connectivity index (χ1v) is 8.48. The largest absolute Gasteiger partial charge is 0.384 e. The number of rotatable bonds is 4. The van der Waals surface area contributed by atoms with E-state index in [2.05, 4.69) is 16.6 Å². The van der Waals surface area contributed by atoms with Crippen LogP contribution in [-0.4, -0.2) is 38.6 Å². The predicted molar refractivity (Wildman–Crippen MR) is 81.5 cm³/mol. The first kappa shape index (κ1) is 15.8. The van der Waals surface area contributed by atoms with E-state index in [1.54, 1.807) is 12.1 Å². The molecular formula is C15H19NO4S. The summed E-state index contributed by atoms with van der Waals surface area (Å²) in [6.45, 7) is 2.25. The molecular weight excluding hydrogens is 290 g/mol. The third-order valence-corrected chi connectivity index (χ3v) is 4.51. The number of aryl methyl sites for hydroxylation is 1. The lowest BCUT2D eigenvalue weighted by Crippen LogP contribution is -2.26. The van der Waals surface area contributed by atoms with Gasteiger partial charge in [0, 0.05) is 12.2 Å². The third-order valence-electron chi connectivity index (χ3n) is 3.17. The number of hydrogen-bond acceptors (Lipinski definition) is 4. The van der Waals surface area contributed by atoms with Crippen LogP contribution >= 0.6 is 0 Å². The van der Waals surface area contributed by atoms with Crippen LogP contribution < -0.4 is 4.72 Å². The summed E-state index contributed by atoms with van der Waals surface area (Å²) >= 11 is 0. The molecule has 2 N–H and O–H groups in total. The highest BCUT2D eigenvalue weighted by Gasteiger charge is 2.23. The van der Waals surface area contributed by atoms with Crippen molar-refractivity contribution in [3.63, 3.8) is 0 Å². The van der Waals surface area contributed by atoms with Gasteiger partial charge < -0.3 is 9.84 Å². The van der Waals surface area contributed by atoms with Gasteiger partial charge in [0.05, 0.1) is 17.5 Å². The highest BCUT2D eigenvalue weighted by molar-refractivity contribution is 7.92. The Hall–Kier alpha value is -1.55. The number of benzene rings is 1. The van der Waals surface area contributed by atoms with Gasteiger partial charge in [0.2, 0.25) is 10.0 Å². The van der Waals surface area contributed by atoms with Gasteiger partial charge in [-0.05, 0) is 37.5 Å². The smallest absolute Gasteiger partial charge is 0.235 e. The summed E-state index contributed by atoms with van der Waals surface area (Å²) in [5, 5.41) is 8.78. The van der Waals surface area contributed by atoms with Crippen molar-refractivity contribution in [3.05, 3.63) is 29.3 Å². The Labute approximate surface area is 125 Å². The van der Waals surface area contributed by atoms with Crippen LogP contribution in [0.1, 0.15) is 24.0 Å². The predicted octanol–water partition coefficient (Wildman–Crippen LogP) is 1.26. The van der Waals surface area contributed by atoms with Gasteiger partial charge in [-0.1, -0.05) is 17.9 Å². The van der Waals surface area contributed by atoms with Crippen LogP contribution in [0.25, 0.3) is 0 Å². The summed E-state index contributed by atoms with van der Waals surface area (Å²) in [5.74, 6) is 5.25. The number of nitrogens with one attached hydrogen (secondary N) is 1. The molecule has 0 aliphatic carbocycles. The van der Waals surface area contributed by atoms with E-state index < -0.39 is 10.0 Å². The van der Waals surface area contributed by atoms with Crippen molar-refractivity contribution >= 4 is 15.7 Å². The van der Waals surface area contributed by atoms with Gasteiger partial charge in [0.15, 0.2) is 0 Å². The second kappa shape index (κ2) is 6.94. The standard InChI is InChI=1S/C15H19NO4S/c1-12-6-7-15(13(10-12)4-2-8-17)16-21(18,19)11-14-5-3-9-20-14/h6-7,10,14,16-17H,3,5,8-9,11H2,1H3. The fourth-order valence-electron chi connectivity index (χ4n) is 2.21. The first-order chi connectivity index (χ1) is 10.00. The van der Waals surface area contributed by atoms with E-state index in [0.29, 0.717) is 17.9 Å². The number of aliphatic hydroxyl groups excluding tert-OH is 1. The molecule has 114 valence electrons. The Morgan fingerprint density at radius 3 is 2.95 bits per heavy atom. The Kier molecular flexibility index (Phi) is 5.23. The topological polar surface area (TPSA) is 75.6 Å². The molecule has 1 fully saturated rings. The highest BCUT2D eigenvalue weighted by Crippen LogP contribution is 2.20. The van der Waals surface area contributed by atoms with Gasteiger partial charge in [0.25, 0.3) is 0 Å². The average Bonchev–Trinajstić information content (AvgIpc) is 2.90. The van der Waals surface area contributed by atoms with Crippen molar-refractivity contribution in [3.8, 4) is 11.8 Å². The second-order valence-electron chi connectivity index (χ2n) is 5.03. The molecule has 1 atom stereocenters. The zero-order chi connectivity index (χ0) is 15.3. The van der Waals surface area contributed by atoms with Crippen molar-refractivity contribution < 1.29 is 18.3 Å². The summed E-state index contributed by atoms with van der Waals surface area (Å²) in [5.41, 5.74) is 1.96. The van der Waals surface area contributed by atoms with Crippen LogP contribution in [0.3, 0.4) is 0 Å². The lowest BCUT2D eigenvalue weighted by molar-refractivity contribution is 0.127. The van der Waals surface area contributed by atoms with Crippen LogP contribution in [-0.2, 0) is 14.8 Å². The first-order valence-electron chi connectivity index (χ1n) is 6.82. The zero-order valence-corrected chi connectivity index (χ0v) is 12.7. The van der Waals surface area contributed by atoms with Crippen LogP contribution in [0.15, 0.2) is 18.2 Å². The molecule has 1 heterocycles. The van der Waals surface area contributed by atoms with Gasteiger partial charge in [0.1, 0.15) is 6.61 Å². The van der Waals surface area contributed by atoms with E-state index in [0.717, 1.165) is 18.4 Å². The van der Waals surface area contributed by atoms with Crippen molar-refractivity contribution in [2.45, 2.75) is 25.9 Å². The Morgan fingerprint density at radius 2 is 2.29 bits per heavy atom. The van der Waals surface area contributed by atoms with Crippen LogP contribution in [0, 0.1) is 18.8 Å². The minimum atomic E-state index is -3.48. The molecule has 2 rings (SSSR count). The molecule has 1 saturated heterocycles. The fraction of sp³-hybridized carbons (Fsp3) is 0.467. The molecule has 5 nitrogen and oxygen atoms in total. The molecule has 0 spiro atoms. The van der Waals surface area contributed by atoms with Crippen molar-refractivity contribution in [2.24, 2.45) is 0 Å². The van der Waals surface area contributed by atoms with Crippen molar-refractivity contribution in [1.82, 2.24) is 0 Å². The molecule has 1 aliphatic heterocycles. The Morgan fingerprint density at radius 1 is 1.48 bits per heavy atom. The van der Waals surface area contributed by atoms with Crippen molar-refractivity contribution in [1.29, 1.82) is 0 Å². The maximum Gasteiger partial charge on any atom is 0.235 e. The summed E-state index contributed by atoms with van der Waals surface area (Å²) in [6.07, 6.45) is 1.43. The molecule has 0 aromatic heterocycles. The summed E-state index contributed by atoms with van der Waals surface area (Å²) < 4.78 is 32.3. The van der Waals surface area contributed by atoms with E-state index in [4.69, 9.17) is 9.84 Å². The SMILES string of the molecule is Cc1ccc(NS(=O)(=O)CC2CCCO2)c(C#CCO)c1. The van der Waals surface area contributed by atoms with E-state index in [1.807, 2.05) is 13.0 Å². The van der Waals surface area contributed by atoms with Gasteiger partial charge >= 0.3 is 0 Å². The molecule has 0 bridgehead atoms. The minimum absolute atomic E-state index is 0.0479. The van der Waals surface area contributed by atoms with E-state index >= 15 is 0 Å². The summed E-state index contributed by atoms with van der Waals surface area (Å²) in [7, 11) is -3.48. The molecule has 1 aromatic rings. The van der Waals surface area contributed by atoms with Crippen LogP contribution in [0.2, 0.25) is 0 Å². The van der Waals surface area contributed by atoms with Crippen molar-refractivity contribution in [2.75, 3.05) is 23.7 Å². The number of anilines is 1. The fourth-order valence-corrected chi connectivity index (χ4v) is 3.56. The van der Waals surface area contributed by atoms with Crippen LogP contribution in [0.4, 0.5) is 5.69 Å². The molecule has 6 heteroatoms. The second-order valence-corrected chi connectivity index (χ2v) is 6.79. The monoisotopic (exact) mass is 309 g/mol. The maximum absolute atomic E-state index is 12.2. The van der Waals surface area contributed by atoms with Gasteiger partial charge in [-0.2, -0.15) is 0 Å². The Balaban J connectivity index is 2.17. The van der Waals surface area contributed by atoms with E-state index in [1.165, 1.54) is 0 Å². The average molecular weight is 309 g/mol. The summed E-state index contributed by atoms with van der Waals surface area (Å²) in [4.78, 5) is 0. The lowest BCUT2D eigenvalue weighted by Gasteiger charge is -2.13.